The van der Waals surface area contributed by atoms with Gasteiger partial charge in [-0.1, -0.05) is 19.6 Å². The molecule has 22 heavy (non-hydrogen) atoms. The first-order valence-corrected chi connectivity index (χ1v) is 8.03. The molecule has 6 heteroatoms. The standard InChI is InChI=1S/C16H21IO5/c1-6-10(3)20-11(4)21-16(18)22-15-13(17)8-12(7-2)9-14(15)19-5/h7-11H,2,6H2,1,3-5H3. The molecule has 0 saturated heterocycles. The lowest BCUT2D eigenvalue weighted by atomic mass is 10.2. The van der Waals surface area contributed by atoms with E-state index in [-0.39, 0.29) is 6.10 Å². The highest BCUT2D eigenvalue weighted by Crippen LogP contribution is 2.34. The second kappa shape index (κ2) is 8.99. The second-order valence-electron chi connectivity index (χ2n) is 4.63. The maximum atomic E-state index is 11.9. The summed E-state index contributed by atoms with van der Waals surface area (Å²) in [6, 6.07) is 3.56. The number of methoxy groups -OCH3 is 1. The topological polar surface area (TPSA) is 54.0 Å². The van der Waals surface area contributed by atoms with Crippen LogP contribution in [0.1, 0.15) is 32.8 Å². The van der Waals surface area contributed by atoms with Crippen LogP contribution in [0.15, 0.2) is 18.7 Å². The van der Waals surface area contributed by atoms with Gasteiger partial charge in [-0.15, -0.1) is 0 Å². The van der Waals surface area contributed by atoms with Crippen LogP contribution in [0, 0.1) is 3.57 Å². The minimum atomic E-state index is -0.835. The van der Waals surface area contributed by atoms with Gasteiger partial charge in [0.2, 0.25) is 6.29 Å². The summed E-state index contributed by atoms with van der Waals surface area (Å²) >= 11 is 2.06. The molecule has 0 heterocycles. The average molecular weight is 420 g/mol. The summed E-state index contributed by atoms with van der Waals surface area (Å²) in [5, 5.41) is 0. The van der Waals surface area contributed by atoms with Crippen molar-refractivity contribution in [1.29, 1.82) is 0 Å². The Labute approximate surface area is 144 Å². The highest BCUT2D eigenvalue weighted by molar-refractivity contribution is 14.1. The third-order valence-electron chi connectivity index (χ3n) is 2.93. The largest absolute Gasteiger partial charge is 0.516 e. The van der Waals surface area contributed by atoms with Gasteiger partial charge in [0, 0.05) is 0 Å². The fraction of sp³-hybridized carbons (Fsp3) is 0.438. The molecule has 0 saturated carbocycles. The Morgan fingerprint density at radius 1 is 1.41 bits per heavy atom. The van der Waals surface area contributed by atoms with Gasteiger partial charge < -0.3 is 18.9 Å². The van der Waals surface area contributed by atoms with E-state index in [1.54, 1.807) is 19.1 Å². The van der Waals surface area contributed by atoms with Gasteiger partial charge in [0.05, 0.1) is 16.8 Å². The Balaban J connectivity index is 2.77. The van der Waals surface area contributed by atoms with Gasteiger partial charge in [0.1, 0.15) is 0 Å². The van der Waals surface area contributed by atoms with Crippen molar-refractivity contribution in [3.8, 4) is 11.5 Å². The van der Waals surface area contributed by atoms with Crippen molar-refractivity contribution >= 4 is 34.8 Å². The lowest BCUT2D eigenvalue weighted by Crippen LogP contribution is -2.24. The SMILES string of the molecule is C=Cc1cc(I)c(OC(=O)OC(C)OC(C)CC)c(OC)c1. The van der Waals surface area contributed by atoms with Gasteiger partial charge in [-0.3, -0.25) is 0 Å². The molecule has 1 aromatic rings. The number of carbonyl (C=O) groups is 1. The molecule has 0 aliphatic heterocycles. The molecule has 0 fully saturated rings. The van der Waals surface area contributed by atoms with Crippen molar-refractivity contribution < 1.29 is 23.7 Å². The van der Waals surface area contributed by atoms with Crippen molar-refractivity contribution in [2.24, 2.45) is 0 Å². The van der Waals surface area contributed by atoms with Crippen LogP contribution < -0.4 is 9.47 Å². The van der Waals surface area contributed by atoms with E-state index in [2.05, 4.69) is 29.2 Å². The Kier molecular flexibility index (Phi) is 7.67. The highest BCUT2D eigenvalue weighted by atomic mass is 127. The molecule has 2 unspecified atom stereocenters. The molecule has 0 aromatic heterocycles. The van der Waals surface area contributed by atoms with Crippen LogP contribution in [-0.2, 0) is 9.47 Å². The number of halogens is 1. The van der Waals surface area contributed by atoms with Gasteiger partial charge in [-0.05, 0) is 60.6 Å². The van der Waals surface area contributed by atoms with Gasteiger partial charge in [-0.2, -0.15) is 0 Å². The summed E-state index contributed by atoms with van der Waals surface area (Å²) in [6.07, 6.45) is 1.01. The average Bonchev–Trinajstić information content (AvgIpc) is 2.48. The zero-order valence-corrected chi connectivity index (χ0v) is 15.4. The summed E-state index contributed by atoms with van der Waals surface area (Å²) in [5.74, 6) is 0.753. The third-order valence-corrected chi connectivity index (χ3v) is 3.74. The first kappa shape index (κ1) is 18.8. The van der Waals surface area contributed by atoms with Crippen LogP contribution in [0.4, 0.5) is 4.79 Å². The summed E-state index contributed by atoms with van der Waals surface area (Å²) in [5.41, 5.74) is 0.871. The molecule has 0 aliphatic rings. The van der Waals surface area contributed by atoms with E-state index in [1.165, 1.54) is 7.11 Å². The summed E-state index contributed by atoms with van der Waals surface area (Å²) in [7, 11) is 1.51. The van der Waals surface area contributed by atoms with Crippen molar-refractivity contribution in [2.75, 3.05) is 7.11 Å². The molecular formula is C16H21IO5. The minimum absolute atomic E-state index is 0.00403. The lowest BCUT2D eigenvalue weighted by Gasteiger charge is -2.18. The zero-order chi connectivity index (χ0) is 16.7. The predicted molar refractivity (Wildman–Crippen MR) is 93.2 cm³/mol. The Morgan fingerprint density at radius 3 is 2.64 bits per heavy atom. The summed E-state index contributed by atoms with van der Waals surface area (Å²) in [6.45, 7) is 9.25. The molecule has 0 amide bonds. The molecule has 2 atom stereocenters. The van der Waals surface area contributed by atoms with E-state index in [4.69, 9.17) is 18.9 Å². The van der Waals surface area contributed by atoms with E-state index < -0.39 is 12.4 Å². The van der Waals surface area contributed by atoms with Crippen LogP contribution in [0.2, 0.25) is 0 Å². The van der Waals surface area contributed by atoms with E-state index >= 15 is 0 Å². The van der Waals surface area contributed by atoms with Crippen LogP contribution in [0.3, 0.4) is 0 Å². The maximum absolute atomic E-state index is 11.9. The fourth-order valence-electron chi connectivity index (χ4n) is 1.65. The quantitative estimate of drug-likeness (QED) is 0.279. The molecule has 1 rings (SSSR count). The molecule has 0 spiro atoms. The smallest absolute Gasteiger partial charge is 0.493 e. The van der Waals surface area contributed by atoms with Crippen molar-refractivity contribution in [2.45, 2.75) is 39.6 Å². The molecule has 5 nitrogen and oxygen atoms in total. The van der Waals surface area contributed by atoms with E-state index in [1.807, 2.05) is 19.9 Å². The molecule has 1 aromatic carbocycles. The third kappa shape index (κ3) is 5.49. The summed E-state index contributed by atoms with van der Waals surface area (Å²) in [4.78, 5) is 11.9. The normalized spacial score (nSPS) is 13.1. The fourth-order valence-corrected chi connectivity index (χ4v) is 2.39. The molecule has 0 radical (unpaired) electrons. The second-order valence-corrected chi connectivity index (χ2v) is 5.79. The lowest BCUT2D eigenvalue weighted by molar-refractivity contribution is -0.130. The van der Waals surface area contributed by atoms with Crippen LogP contribution in [0.5, 0.6) is 11.5 Å². The Morgan fingerprint density at radius 2 is 2.09 bits per heavy atom. The number of ether oxygens (including phenoxy) is 4. The van der Waals surface area contributed by atoms with Crippen LogP contribution in [0.25, 0.3) is 6.08 Å². The van der Waals surface area contributed by atoms with Gasteiger partial charge in [-0.25, -0.2) is 4.79 Å². The van der Waals surface area contributed by atoms with Gasteiger partial charge >= 0.3 is 6.16 Å². The van der Waals surface area contributed by atoms with Crippen molar-refractivity contribution in [3.05, 3.63) is 27.8 Å². The number of rotatable bonds is 7. The van der Waals surface area contributed by atoms with E-state index in [0.717, 1.165) is 15.6 Å². The summed E-state index contributed by atoms with van der Waals surface area (Å²) < 4.78 is 21.7. The number of hydrogen-bond donors (Lipinski definition) is 0. The molecular weight excluding hydrogens is 399 g/mol. The van der Waals surface area contributed by atoms with E-state index in [0.29, 0.717) is 11.5 Å². The highest BCUT2D eigenvalue weighted by Gasteiger charge is 2.19. The monoisotopic (exact) mass is 420 g/mol. The predicted octanol–water partition coefficient (Wildman–Crippen LogP) is 4.62. The Bertz CT molecular complexity index is 530. The molecule has 122 valence electrons. The molecule has 0 N–H and O–H groups in total. The molecule has 0 bridgehead atoms. The van der Waals surface area contributed by atoms with Crippen molar-refractivity contribution in [3.63, 3.8) is 0 Å². The Hall–Kier alpha value is -1.28. The zero-order valence-electron chi connectivity index (χ0n) is 13.2. The maximum Gasteiger partial charge on any atom is 0.516 e. The van der Waals surface area contributed by atoms with Gasteiger partial charge in [0.15, 0.2) is 11.5 Å². The van der Waals surface area contributed by atoms with Crippen LogP contribution in [-0.4, -0.2) is 25.7 Å². The van der Waals surface area contributed by atoms with Crippen LogP contribution >= 0.6 is 22.6 Å². The number of hydrogen-bond acceptors (Lipinski definition) is 5. The minimum Gasteiger partial charge on any atom is -0.493 e. The first-order chi connectivity index (χ1) is 10.4. The van der Waals surface area contributed by atoms with Crippen molar-refractivity contribution in [1.82, 2.24) is 0 Å². The first-order valence-electron chi connectivity index (χ1n) is 6.95. The van der Waals surface area contributed by atoms with E-state index in [9.17, 15) is 4.79 Å². The molecule has 0 aliphatic carbocycles. The van der Waals surface area contributed by atoms with Gasteiger partial charge in [0.25, 0.3) is 0 Å². The number of carbonyl (C=O) groups excluding carboxylic acids is 1. The number of benzene rings is 1.